The summed E-state index contributed by atoms with van der Waals surface area (Å²) < 4.78 is 7.80. The molecule has 0 saturated heterocycles. The summed E-state index contributed by atoms with van der Waals surface area (Å²) in [5.74, 6) is 0.937. The molecule has 0 fully saturated rings. The van der Waals surface area contributed by atoms with Crippen molar-refractivity contribution in [3.8, 4) is 5.75 Å². The van der Waals surface area contributed by atoms with Gasteiger partial charge in [-0.1, -0.05) is 35.3 Å². The first-order chi connectivity index (χ1) is 9.13. The standard InChI is InChI=1S/C15H12Cl2NO/c1-10-3-2-4-11-8-18(9-19-15(10)11)14-6-12(16)5-13(17)7-14/h2-8H,9H2,1H3/q+1. The number of hydrogen-bond donors (Lipinski definition) is 0. The first-order valence-electron chi connectivity index (χ1n) is 5.93. The molecule has 1 aliphatic heterocycles. The van der Waals surface area contributed by atoms with Crippen LogP contribution in [0, 0.1) is 6.92 Å². The van der Waals surface area contributed by atoms with E-state index in [4.69, 9.17) is 27.9 Å². The normalized spacial score (nSPS) is 13.5. The Hall–Kier alpha value is -1.51. The van der Waals surface area contributed by atoms with Crippen molar-refractivity contribution in [1.82, 2.24) is 0 Å². The van der Waals surface area contributed by atoms with E-state index in [1.165, 1.54) is 0 Å². The van der Waals surface area contributed by atoms with Crippen LogP contribution in [0.4, 0.5) is 5.69 Å². The fourth-order valence-electron chi connectivity index (χ4n) is 2.17. The van der Waals surface area contributed by atoms with Gasteiger partial charge in [0.25, 0.3) is 6.73 Å². The van der Waals surface area contributed by atoms with Gasteiger partial charge in [-0.3, -0.25) is 0 Å². The molecule has 0 N–H and O–H groups in total. The maximum absolute atomic E-state index is 6.03. The summed E-state index contributed by atoms with van der Waals surface area (Å²) in [5.41, 5.74) is 3.12. The van der Waals surface area contributed by atoms with E-state index in [2.05, 4.69) is 0 Å². The zero-order chi connectivity index (χ0) is 13.4. The Balaban J connectivity index is 2.08. The zero-order valence-electron chi connectivity index (χ0n) is 10.4. The maximum atomic E-state index is 6.03. The molecule has 3 rings (SSSR count). The number of rotatable bonds is 1. The van der Waals surface area contributed by atoms with Crippen molar-refractivity contribution >= 4 is 35.1 Å². The minimum atomic E-state index is 0.453. The molecule has 4 heteroatoms. The summed E-state index contributed by atoms with van der Waals surface area (Å²) >= 11 is 12.1. The molecule has 0 radical (unpaired) electrons. The number of ether oxygens (including phenoxy) is 1. The lowest BCUT2D eigenvalue weighted by molar-refractivity contribution is -0.476. The van der Waals surface area contributed by atoms with Crippen LogP contribution in [-0.4, -0.2) is 17.5 Å². The molecule has 2 aromatic carbocycles. The average Bonchev–Trinajstić information content (AvgIpc) is 2.37. The zero-order valence-corrected chi connectivity index (χ0v) is 11.9. The predicted octanol–water partition coefficient (Wildman–Crippen LogP) is 4.41. The smallest absolute Gasteiger partial charge is 0.292 e. The number of nitrogens with zero attached hydrogens (tertiary/aromatic N) is 1. The Kier molecular flexibility index (Phi) is 3.21. The van der Waals surface area contributed by atoms with Crippen LogP contribution in [0.1, 0.15) is 11.1 Å². The molecule has 1 heterocycles. The molecule has 0 bridgehead atoms. The van der Waals surface area contributed by atoms with Crippen molar-refractivity contribution in [2.45, 2.75) is 6.92 Å². The third-order valence-electron chi connectivity index (χ3n) is 3.06. The Morgan fingerprint density at radius 2 is 1.84 bits per heavy atom. The van der Waals surface area contributed by atoms with Crippen LogP contribution in [0.25, 0.3) is 0 Å². The summed E-state index contributed by atoms with van der Waals surface area (Å²) in [4.78, 5) is 0. The van der Waals surface area contributed by atoms with E-state index in [0.29, 0.717) is 16.8 Å². The number of halogens is 2. The Bertz CT molecular complexity index is 660. The van der Waals surface area contributed by atoms with E-state index >= 15 is 0 Å². The van der Waals surface area contributed by atoms with E-state index in [1.54, 1.807) is 6.07 Å². The molecule has 2 nitrogen and oxygen atoms in total. The van der Waals surface area contributed by atoms with Gasteiger partial charge in [0.05, 0.1) is 5.56 Å². The fraction of sp³-hybridized carbons (Fsp3) is 0.133. The molecule has 0 atom stereocenters. The topological polar surface area (TPSA) is 12.2 Å². The van der Waals surface area contributed by atoms with Crippen LogP contribution in [0.15, 0.2) is 36.4 Å². The van der Waals surface area contributed by atoms with Gasteiger partial charge in [-0.15, -0.1) is 0 Å². The van der Waals surface area contributed by atoms with Crippen molar-refractivity contribution in [3.05, 3.63) is 57.6 Å². The predicted molar refractivity (Wildman–Crippen MR) is 78.2 cm³/mol. The van der Waals surface area contributed by atoms with Crippen molar-refractivity contribution in [3.63, 3.8) is 0 Å². The highest BCUT2D eigenvalue weighted by Crippen LogP contribution is 2.29. The third-order valence-corrected chi connectivity index (χ3v) is 3.50. The van der Waals surface area contributed by atoms with Crippen LogP contribution >= 0.6 is 23.2 Å². The second kappa shape index (κ2) is 4.87. The Morgan fingerprint density at radius 3 is 2.58 bits per heavy atom. The van der Waals surface area contributed by atoms with Crippen molar-refractivity contribution in [2.24, 2.45) is 0 Å². The molecule has 0 amide bonds. The van der Waals surface area contributed by atoms with E-state index in [0.717, 1.165) is 22.6 Å². The van der Waals surface area contributed by atoms with Gasteiger partial charge in [0.1, 0.15) is 5.75 Å². The molecule has 19 heavy (non-hydrogen) atoms. The largest absolute Gasteiger partial charge is 0.435 e. The van der Waals surface area contributed by atoms with Gasteiger partial charge in [0.15, 0.2) is 6.21 Å². The van der Waals surface area contributed by atoms with E-state index in [1.807, 2.05) is 48.0 Å². The van der Waals surface area contributed by atoms with Crippen LogP contribution in [-0.2, 0) is 0 Å². The van der Waals surface area contributed by atoms with E-state index < -0.39 is 0 Å². The number of benzene rings is 2. The SMILES string of the molecule is Cc1cccc2c1OC[N+](c1cc(Cl)cc(Cl)c1)=C2. The first kappa shape index (κ1) is 12.5. The van der Waals surface area contributed by atoms with Gasteiger partial charge < -0.3 is 4.74 Å². The molecular formula is C15H12Cl2NO+. The van der Waals surface area contributed by atoms with Crippen molar-refractivity contribution in [2.75, 3.05) is 6.73 Å². The van der Waals surface area contributed by atoms with Gasteiger partial charge in [-0.2, -0.15) is 4.58 Å². The fourth-order valence-corrected chi connectivity index (χ4v) is 2.68. The average molecular weight is 293 g/mol. The molecule has 1 aliphatic rings. The van der Waals surface area contributed by atoms with Crippen LogP contribution < -0.4 is 4.74 Å². The number of hydrogen-bond acceptors (Lipinski definition) is 1. The minimum absolute atomic E-state index is 0.453. The minimum Gasteiger partial charge on any atom is -0.435 e. The van der Waals surface area contributed by atoms with Crippen LogP contribution in [0.2, 0.25) is 10.0 Å². The van der Waals surface area contributed by atoms with Crippen LogP contribution in [0.5, 0.6) is 5.75 Å². The number of para-hydroxylation sites is 1. The summed E-state index contributed by atoms with van der Waals surface area (Å²) in [7, 11) is 0. The summed E-state index contributed by atoms with van der Waals surface area (Å²) in [6.07, 6.45) is 2.05. The third kappa shape index (κ3) is 2.46. The maximum Gasteiger partial charge on any atom is 0.292 e. The summed E-state index contributed by atoms with van der Waals surface area (Å²) in [6, 6.07) is 11.5. The Labute approximate surface area is 121 Å². The highest BCUT2D eigenvalue weighted by Gasteiger charge is 2.20. The molecule has 96 valence electrons. The van der Waals surface area contributed by atoms with Crippen LogP contribution in [0.3, 0.4) is 0 Å². The Morgan fingerprint density at radius 1 is 1.11 bits per heavy atom. The summed E-state index contributed by atoms with van der Waals surface area (Å²) in [5, 5.41) is 1.23. The second-order valence-electron chi connectivity index (χ2n) is 4.49. The number of fused-ring (bicyclic) bond motifs is 1. The van der Waals surface area contributed by atoms with E-state index in [-0.39, 0.29) is 0 Å². The lowest BCUT2D eigenvalue weighted by Crippen LogP contribution is -2.21. The lowest BCUT2D eigenvalue weighted by Gasteiger charge is -2.15. The van der Waals surface area contributed by atoms with Crippen molar-refractivity contribution < 1.29 is 9.31 Å². The molecule has 0 unspecified atom stereocenters. The molecule has 0 aromatic heterocycles. The molecule has 0 spiro atoms. The van der Waals surface area contributed by atoms with Gasteiger partial charge in [0, 0.05) is 22.2 Å². The van der Waals surface area contributed by atoms with Crippen molar-refractivity contribution in [1.29, 1.82) is 0 Å². The monoisotopic (exact) mass is 292 g/mol. The molecular weight excluding hydrogens is 281 g/mol. The molecule has 0 saturated carbocycles. The molecule has 0 aliphatic carbocycles. The van der Waals surface area contributed by atoms with Gasteiger partial charge >= 0.3 is 0 Å². The van der Waals surface area contributed by atoms with Gasteiger partial charge in [-0.25, -0.2) is 0 Å². The highest BCUT2D eigenvalue weighted by molar-refractivity contribution is 6.34. The second-order valence-corrected chi connectivity index (χ2v) is 5.37. The lowest BCUT2D eigenvalue weighted by atomic mass is 10.1. The van der Waals surface area contributed by atoms with Gasteiger partial charge in [-0.05, 0) is 24.6 Å². The summed E-state index contributed by atoms with van der Waals surface area (Å²) in [6.45, 7) is 2.49. The first-order valence-corrected chi connectivity index (χ1v) is 6.69. The van der Waals surface area contributed by atoms with E-state index in [9.17, 15) is 0 Å². The highest BCUT2D eigenvalue weighted by atomic mass is 35.5. The quantitative estimate of drug-likeness (QED) is 0.709. The number of aryl methyl sites for hydroxylation is 1. The molecule has 2 aromatic rings. The van der Waals surface area contributed by atoms with Gasteiger partial charge in [0.2, 0.25) is 5.69 Å².